The third kappa shape index (κ3) is 31.0. The number of carbonyl (C=O) groups is 2. The van der Waals surface area contributed by atoms with Crippen molar-refractivity contribution in [1.29, 1.82) is 0 Å². The average Bonchev–Trinajstić information content (AvgIpc) is 3.44. The Kier molecular flexibility index (Phi) is 33.0. The number of hydrogen-bond acceptors (Lipinski definition) is 9. The largest absolute Gasteiger partial charge is 0.469 e. The Morgan fingerprint density at radius 1 is 0.667 bits per heavy atom. The molecule has 0 amide bonds. The lowest BCUT2D eigenvalue weighted by Crippen LogP contribution is -2.29. The highest BCUT2D eigenvalue weighted by molar-refractivity contribution is 7.46. The number of hydrogen-bond donors (Lipinski definition) is 5. The standard InChI is InChI=1S/C45H83O11P/c1-3-5-7-8-9-10-11-12-13-14-15-16-17-18-19-20-21-22-27-31-44(49)54-36-39(37-55-57(51,52)53)56-45(50)32-28-24-23-26-30-40-41(43(48)35-42(40)47)34-33-38(46)29-25-6-4-2/h23,26,33-34,38-43,46-48H,3-22,24-25,27-32,35-37H2,1-2H3,(H2,51,52,53)/b26-23+,34-33+/t38-,39+,40+,41+,42-,43+/m0/s1. The smallest absolute Gasteiger partial charge is 0.462 e. The van der Waals surface area contributed by atoms with Crippen LogP contribution in [0.4, 0.5) is 0 Å². The van der Waals surface area contributed by atoms with Gasteiger partial charge in [-0.15, -0.1) is 0 Å². The third-order valence-corrected chi connectivity index (χ3v) is 11.5. The van der Waals surface area contributed by atoms with Crippen molar-refractivity contribution in [1.82, 2.24) is 0 Å². The number of esters is 2. The molecule has 0 aliphatic heterocycles. The summed E-state index contributed by atoms with van der Waals surface area (Å²) in [5.74, 6) is -1.49. The number of carbonyl (C=O) groups excluding carboxylic acids is 2. The van der Waals surface area contributed by atoms with Gasteiger partial charge in [-0.3, -0.25) is 14.1 Å². The van der Waals surface area contributed by atoms with Crippen molar-refractivity contribution in [3.63, 3.8) is 0 Å². The van der Waals surface area contributed by atoms with Crippen LogP contribution in [0.25, 0.3) is 0 Å². The van der Waals surface area contributed by atoms with E-state index in [1.54, 1.807) is 6.08 Å². The zero-order valence-corrected chi connectivity index (χ0v) is 36.7. The molecule has 0 unspecified atom stereocenters. The molecule has 0 saturated heterocycles. The molecule has 57 heavy (non-hydrogen) atoms. The second-order valence-electron chi connectivity index (χ2n) is 16.4. The minimum atomic E-state index is -4.82. The summed E-state index contributed by atoms with van der Waals surface area (Å²) in [6.07, 6.45) is 34.2. The number of unbranched alkanes of at least 4 members (excludes halogenated alkanes) is 21. The van der Waals surface area contributed by atoms with Crippen LogP contribution < -0.4 is 0 Å². The molecular weight excluding hydrogens is 747 g/mol. The van der Waals surface area contributed by atoms with E-state index < -0.39 is 50.8 Å². The molecule has 1 aliphatic rings. The van der Waals surface area contributed by atoms with Crippen LogP contribution in [0.1, 0.15) is 200 Å². The highest BCUT2D eigenvalue weighted by Gasteiger charge is 2.39. The first-order valence-corrected chi connectivity index (χ1v) is 24.4. The number of phosphoric acid groups is 1. The molecule has 0 aromatic rings. The summed E-state index contributed by atoms with van der Waals surface area (Å²) < 4.78 is 26.4. The molecular formula is C45H83O11P. The van der Waals surface area contributed by atoms with E-state index in [0.29, 0.717) is 32.1 Å². The molecule has 6 atom stereocenters. The van der Waals surface area contributed by atoms with E-state index >= 15 is 0 Å². The topological polar surface area (TPSA) is 180 Å². The first kappa shape index (κ1) is 53.4. The Labute approximate surface area is 346 Å². The average molecular weight is 831 g/mol. The summed E-state index contributed by atoms with van der Waals surface area (Å²) in [5.41, 5.74) is 0. The van der Waals surface area contributed by atoms with Gasteiger partial charge in [-0.1, -0.05) is 173 Å². The molecule has 0 radical (unpaired) electrons. The summed E-state index contributed by atoms with van der Waals surface area (Å²) >= 11 is 0. The molecule has 0 bridgehead atoms. The SMILES string of the molecule is CCCCCCCCCCCCCCCCCCCCCC(=O)OC[C@H](COP(=O)(O)O)OC(=O)CCC/C=C/C[C@@H]1[C@@H](/C=C/[C@@H](O)CCCCC)[C@H](O)C[C@@H]1O. The van der Waals surface area contributed by atoms with Gasteiger partial charge in [0.2, 0.25) is 0 Å². The van der Waals surface area contributed by atoms with Crippen LogP contribution in [0.15, 0.2) is 24.3 Å². The van der Waals surface area contributed by atoms with Crippen molar-refractivity contribution in [2.75, 3.05) is 13.2 Å². The van der Waals surface area contributed by atoms with E-state index in [-0.39, 0.29) is 37.7 Å². The second kappa shape index (κ2) is 35.2. The first-order valence-electron chi connectivity index (χ1n) is 22.9. The molecule has 0 heterocycles. The first-order chi connectivity index (χ1) is 27.5. The van der Waals surface area contributed by atoms with Gasteiger partial charge in [0, 0.05) is 25.2 Å². The lowest BCUT2D eigenvalue weighted by Gasteiger charge is -2.19. The number of allylic oxidation sites excluding steroid dienone is 2. The Hall–Kier alpha value is -1.59. The molecule has 1 fully saturated rings. The molecule has 0 spiro atoms. The molecule has 1 saturated carbocycles. The van der Waals surface area contributed by atoms with Crippen molar-refractivity contribution in [2.24, 2.45) is 11.8 Å². The maximum absolute atomic E-state index is 12.5. The Morgan fingerprint density at radius 2 is 1.18 bits per heavy atom. The summed E-state index contributed by atoms with van der Waals surface area (Å²) in [4.78, 5) is 43.2. The fraction of sp³-hybridized carbons (Fsp3) is 0.867. The summed E-state index contributed by atoms with van der Waals surface area (Å²) in [5, 5.41) is 31.2. The molecule has 1 rings (SSSR count). The van der Waals surface area contributed by atoms with Crippen LogP contribution in [-0.2, 0) is 28.2 Å². The molecule has 5 N–H and O–H groups in total. The van der Waals surface area contributed by atoms with Crippen LogP contribution in [0, 0.1) is 11.8 Å². The monoisotopic (exact) mass is 831 g/mol. The van der Waals surface area contributed by atoms with E-state index in [1.165, 1.54) is 96.3 Å². The predicted octanol–water partition coefficient (Wildman–Crippen LogP) is 10.3. The number of aliphatic hydroxyl groups is 3. The van der Waals surface area contributed by atoms with Gasteiger partial charge in [0.25, 0.3) is 0 Å². The van der Waals surface area contributed by atoms with Crippen molar-refractivity contribution in [2.45, 2.75) is 224 Å². The number of phosphoric ester groups is 1. The van der Waals surface area contributed by atoms with Crippen LogP contribution in [0.2, 0.25) is 0 Å². The van der Waals surface area contributed by atoms with Gasteiger partial charge in [0.1, 0.15) is 6.61 Å². The predicted molar refractivity (Wildman–Crippen MR) is 227 cm³/mol. The maximum Gasteiger partial charge on any atom is 0.469 e. The van der Waals surface area contributed by atoms with Gasteiger partial charge in [0.15, 0.2) is 6.10 Å². The highest BCUT2D eigenvalue weighted by Crippen LogP contribution is 2.37. The minimum absolute atomic E-state index is 0.0378. The lowest BCUT2D eigenvalue weighted by atomic mass is 9.89. The van der Waals surface area contributed by atoms with Gasteiger partial charge in [-0.25, -0.2) is 4.57 Å². The Bertz CT molecular complexity index is 1090. The van der Waals surface area contributed by atoms with Gasteiger partial charge < -0.3 is 34.6 Å². The molecule has 334 valence electrons. The van der Waals surface area contributed by atoms with Crippen LogP contribution >= 0.6 is 7.82 Å². The Morgan fingerprint density at radius 3 is 1.72 bits per heavy atom. The maximum atomic E-state index is 12.5. The molecule has 12 heteroatoms. The van der Waals surface area contributed by atoms with Crippen molar-refractivity contribution >= 4 is 19.8 Å². The van der Waals surface area contributed by atoms with Crippen molar-refractivity contribution in [3.8, 4) is 0 Å². The summed E-state index contributed by atoms with van der Waals surface area (Å²) in [7, 11) is -4.82. The molecule has 11 nitrogen and oxygen atoms in total. The normalized spacial score (nSPS) is 19.8. The van der Waals surface area contributed by atoms with Crippen molar-refractivity contribution < 1.29 is 53.3 Å². The third-order valence-electron chi connectivity index (χ3n) is 11.0. The van der Waals surface area contributed by atoms with Crippen LogP contribution in [0.3, 0.4) is 0 Å². The lowest BCUT2D eigenvalue weighted by molar-refractivity contribution is -0.161. The summed E-state index contributed by atoms with van der Waals surface area (Å²) in [6.45, 7) is 3.41. The van der Waals surface area contributed by atoms with E-state index in [9.17, 15) is 29.5 Å². The number of rotatable bonds is 38. The number of ether oxygens (including phenoxy) is 2. The molecule has 0 aromatic heterocycles. The van der Waals surface area contributed by atoms with Crippen LogP contribution in [0.5, 0.6) is 0 Å². The molecule has 1 aliphatic carbocycles. The van der Waals surface area contributed by atoms with E-state index in [0.717, 1.165) is 38.5 Å². The van der Waals surface area contributed by atoms with Gasteiger partial charge in [0.05, 0.1) is 24.9 Å². The summed E-state index contributed by atoms with van der Waals surface area (Å²) in [6, 6.07) is 0. The fourth-order valence-electron chi connectivity index (χ4n) is 7.55. The minimum Gasteiger partial charge on any atom is -0.462 e. The number of aliphatic hydroxyl groups excluding tert-OH is 3. The fourth-order valence-corrected chi connectivity index (χ4v) is 7.91. The quantitative estimate of drug-likeness (QED) is 0.0173. The zero-order chi connectivity index (χ0) is 42.0. The molecule has 0 aromatic carbocycles. The van der Waals surface area contributed by atoms with E-state index in [2.05, 4.69) is 18.4 Å². The zero-order valence-electron chi connectivity index (χ0n) is 35.8. The highest BCUT2D eigenvalue weighted by atomic mass is 31.2. The second-order valence-corrected chi connectivity index (χ2v) is 17.6. The van der Waals surface area contributed by atoms with Crippen LogP contribution in [-0.4, -0.2) is 74.7 Å². The van der Waals surface area contributed by atoms with Gasteiger partial charge in [-0.2, -0.15) is 0 Å². The van der Waals surface area contributed by atoms with Crippen molar-refractivity contribution in [3.05, 3.63) is 24.3 Å². The van der Waals surface area contributed by atoms with E-state index in [4.69, 9.17) is 19.3 Å². The van der Waals surface area contributed by atoms with Gasteiger partial charge in [-0.05, 0) is 38.0 Å². The van der Waals surface area contributed by atoms with E-state index in [1.807, 2.05) is 18.2 Å². The van der Waals surface area contributed by atoms with Gasteiger partial charge >= 0.3 is 19.8 Å². The Balaban J connectivity index is 2.22.